The predicted octanol–water partition coefficient (Wildman–Crippen LogP) is 3.63. The number of anilines is 1. The fourth-order valence-electron chi connectivity index (χ4n) is 1.82. The van der Waals surface area contributed by atoms with Crippen LogP contribution >= 0.6 is 11.3 Å². The van der Waals surface area contributed by atoms with Gasteiger partial charge in [0.15, 0.2) is 5.75 Å². The van der Waals surface area contributed by atoms with Crippen LogP contribution in [0.1, 0.15) is 11.8 Å². The number of ether oxygens (including phenoxy) is 1. The van der Waals surface area contributed by atoms with Crippen LogP contribution in [-0.2, 0) is 6.42 Å². The number of fused-ring (bicyclic) bond motifs is 1. The molecular formula is C14H13N3OS. The van der Waals surface area contributed by atoms with E-state index in [0.717, 1.165) is 16.6 Å². The molecule has 3 aromatic rings. The number of rotatable bonds is 3. The third kappa shape index (κ3) is 2.24. The summed E-state index contributed by atoms with van der Waals surface area (Å²) in [5, 5.41) is 0.938. The number of hydrogen-bond acceptors (Lipinski definition) is 5. The Kier molecular flexibility index (Phi) is 3.05. The number of nitrogens with two attached hydrogens (primary N) is 1. The lowest BCUT2D eigenvalue weighted by Crippen LogP contribution is -1.93. The summed E-state index contributed by atoms with van der Waals surface area (Å²) >= 11 is 1.66. The highest BCUT2D eigenvalue weighted by atomic mass is 32.1. The van der Waals surface area contributed by atoms with Gasteiger partial charge in [0, 0.05) is 4.88 Å². The molecule has 0 aliphatic rings. The first kappa shape index (κ1) is 11.9. The molecule has 0 bridgehead atoms. The Morgan fingerprint density at radius 1 is 1.26 bits per heavy atom. The Labute approximate surface area is 114 Å². The molecule has 0 aliphatic carbocycles. The molecule has 96 valence electrons. The van der Waals surface area contributed by atoms with Crippen molar-refractivity contribution < 1.29 is 4.74 Å². The molecular weight excluding hydrogens is 258 g/mol. The van der Waals surface area contributed by atoms with Crippen molar-refractivity contribution in [1.82, 2.24) is 9.97 Å². The third-order valence-corrected chi connectivity index (χ3v) is 4.01. The predicted molar refractivity (Wildman–Crippen MR) is 77.7 cm³/mol. The lowest BCUT2D eigenvalue weighted by atomic mass is 10.3. The van der Waals surface area contributed by atoms with Crippen LogP contribution in [-0.4, -0.2) is 9.97 Å². The van der Waals surface area contributed by atoms with E-state index in [1.165, 1.54) is 11.2 Å². The Morgan fingerprint density at radius 2 is 2.11 bits per heavy atom. The molecule has 0 fully saturated rings. The van der Waals surface area contributed by atoms with Crippen LogP contribution in [0.25, 0.3) is 10.2 Å². The van der Waals surface area contributed by atoms with Crippen molar-refractivity contribution in [3.63, 3.8) is 0 Å². The first-order valence-electron chi connectivity index (χ1n) is 6.03. The van der Waals surface area contributed by atoms with Crippen molar-refractivity contribution in [3.8, 4) is 11.6 Å². The molecule has 2 N–H and O–H groups in total. The zero-order valence-electron chi connectivity index (χ0n) is 10.5. The van der Waals surface area contributed by atoms with Crippen LogP contribution in [0.4, 0.5) is 5.69 Å². The second-order valence-corrected chi connectivity index (χ2v) is 5.22. The second-order valence-electron chi connectivity index (χ2n) is 4.10. The SMILES string of the molecule is CCc1cc2c(Oc3ccccc3N)ncnc2s1. The molecule has 0 radical (unpaired) electrons. The van der Waals surface area contributed by atoms with E-state index in [-0.39, 0.29) is 0 Å². The van der Waals surface area contributed by atoms with E-state index >= 15 is 0 Å². The number of thiophene rings is 1. The summed E-state index contributed by atoms with van der Waals surface area (Å²) in [4.78, 5) is 10.7. The van der Waals surface area contributed by atoms with E-state index in [9.17, 15) is 0 Å². The minimum atomic E-state index is 0.554. The van der Waals surface area contributed by atoms with E-state index in [1.54, 1.807) is 17.4 Å². The molecule has 0 amide bonds. The van der Waals surface area contributed by atoms with Gasteiger partial charge in [0.1, 0.15) is 11.2 Å². The summed E-state index contributed by atoms with van der Waals surface area (Å²) in [5.74, 6) is 1.17. The van der Waals surface area contributed by atoms with Gasteiger partial charge in [0.05, 0.1) is 11.1 Å². The average Bonchev–Trinajstić information content (AvgIpc) is 2.85. The molecule has 0 unspecified atom stereocenters. The maximum Gasteiger partial charge on any atom is 0.231 e. The topological polar surface area (TPSA) is 61.0 Å². The maximum atomic E-state index is 5.88. The molecule has 0 aliphatic heterocycles. The minimum Gasteiger partial charge on any atom is -0.436 e. The summed E-state index contributed by atoms with van der Waals surface area (Å²) in [7, 11) is 0. The molecule has 0 atom stereocenters. The van der Waals surface area contributed by atoms with E-state index in [2.05, 4.69) is 23.0 Å². The van der Waals surface area contributed by atoms with E-state index in [0.29, 0.717) is 17.3 Å². The highest BCUT2D eigenvalue weighted by Crippen LogP contribution is 2.33. The summed E-state index contributed by atoms with van der Waals surface area (Å²) < 4.78 is 5.81. The van der Waals surface area contributed by atoms with Crippen molar-refractivity contribution in [3.05, 3.63) is 41.5 Å². The van der Waals surface area contributed by atoms with Gasteiger partial charge in [0.2, 0.25) is 5.88 Å². The molecule has 2 aromatic heterocycles. The van der Waals surface area contributed by atoms with Crippen LogP contribution in [0, 0.1) is 0 Å². The number of nitrogen functional groups attached to an aromatic ring is 1. The Hall–Kier alpha value is -2.14. The smallest absolute Gasteiger partial charge is 0.231 e. The quantitative estimate of drug-likeness (QED) is 0.739. The Bertz CT molecular complexity index is 724. The highest BCUT2D eigenvalue weighted by Gasteiger charge is 2.10. The fraction of sp³-hybridized carbons (Fsp3) is 0.143. The molecule has 0 saturated carbocycles. The van der Waals surface area contributed by atoms with Gasteiger partial charge in [0.25, 0.3) is 0 Å². The van der Waals surface area contributed by atoms with Gasteiger partial charge in [-0.05, 0) is 24.6 Å². The molecule has 0 saturated heterocycles. The van der Waals surface area contributed by atoms with Crippen LogP contribution in [0.3, 0.4) is 0 Å². The molecule has 19 heavy (non-hydrogen) atoms. The van der Waals surface area contributed by atoms with Crippen molar-refractivity contribution >= 4 is 27.2 Å². The average molecular weight is 271 g/mol. The summed E-state index contributed by atoms with van der Waals surface area (Å²) in [5.41, 5.74) is 6.48. The zero-order valence-corrected chi connectivity index (χ0v) is 11.3. The Morgan fingerprint density at radius 3 is 2.89 bits per heavy atom. The summed E-state index contributed by atoms with van der Waals surface area (Å²) in [6.07, 6.45) is 2.50. The normalized spacial score (nSPS) is 10.8. The molecule has 2 heterocycles. The molecule has 3 rings (SSSR count). The van der Waals surface area contributed by atoms with E-state index in [4.69, 9.17) is 10.5 Å². The summed E-state index contributed by atoms with van der Waals surface area (Å²) in [6, 6.07) is 9.47. The number of aromatic nitrogens is 2. The lowest BCUT2D eigenvalue weighted by molar-refractivity contribution is 0.470. The van der Waals surface area contributed by atoms with Crippen molar-refractivity contribution in [1.29, 1.82) is 0 Å². The molecule has 5 heteroatoms. The molecule has 1 aromatic carbocycles. The van der Waals surface area contributed by atoms with Gasteiger partial charge in [-0.15, -0.1) is 11.3 Å². The van der Waals surface area contributed by atoms with Crippen LogP contribution in [0.15, 0.2) is 36.7 Å². The van der Waals surface area contributed by atoms with Crippen LogP contribution < -0.4 is 10.5 Å². The summed E-state index contributed by atoms with van der Waals surface area (Å²) in [6.45, 7) is 2.12. The van der Waals surface area contributed by atoms with Gasteiger partial charge in [-0.2, -0.15) is 0 Å². The maximum absolute atomic E-state index is 5.88. The van der Waals surface area contributed by atoms with Gasteiger partial charge in [-0.3, -0.25) is 0 Å². The van der Waals surface area contributed by atoms with E-state index in [1.807, 2.05) is 18.2 Å². The van der Waals surface area contributed by atoms with Gasteiger partial charge >= 0.3 is 0 Å². The molecule has 4 nitrogen and oxygen atoms in total. The van der Waals surface area contributed by atoms with Gasteiger partial charge in [-0.1, -0.05) is 19.1 Å². The number of benzene rings is 1. The second kappa shape index (κ2) is 4.85. The lowest BCUT2D eigenvalue weighted by Gasteiger charge is -2.07. The number of hydrogen-bond donors (Lipinski definition) is 1. The monoisotopic (exact) mass is 271 g/mol. The number of para-hydroxylation sites is 2. The van der Waals surface area contributed by atoms with Gasteiger partial charge < -0.3 is 10.5 Å². The standard InChI is InChI=1S/C14H13N3OS/c1-2-9-7-10-13(16-8-17-14(10)19-9)18-12-6-4-3-5-11(12)15/h3-8H,2,15H2,1H3. The highest BCUT2D eigenvalue weighted by molar-refractivity contribution is 7.18. The largest absolute Gasteiger partial charge is 0.436 e. The minimum absolute atomic E-state index is 0.554. The first-order valence-corrected chi connectivity index (χ1v) is 6.85. The molecule has 0 spiro atoms. The van der Waals surface area contributed by atoms with Crippen LogP contribution in [0.5, 0.6) is 11.6 Å². The van der Waals surface area contributed by atoms with Crippen LogP contribution in [0.2, 0.25) is 0 Å². The number of nitrogens with zero attached hydrogens (tertiary/aromatic N) is 2. The zero-order chi connectivity index (χ0) is 13.2. The van der Waals surface area contributed by atoms with E-state index < -0.39 is 0 Å². The Balaban J connectivity index is 2.05. The van der Waals surface area contributed by atoms with Crippen molar-refractivity contribution in [2.24, 2.45) is 0 Å². The first-order chi connectivity index (χ1) is 9.28. The number of aryl methyl sites for hydroxylation is 1. The third-order valence-electron chi connectivity index (χ3n) is 2.82. The van der Waals surface area contributed by atoms with Crippen molar-refractivity contribution in [2.75, 3.05) is 5.73 Å². The van der Waals surface area contributed by atoms with Crippen molar-refractivity contribution in [2.45, 2.75) is 13.3 Å². The van der Waals surface area contributed by atoms with Gasteiger partial charge in [-0.25, -0.2) is 9.97 Å². The fourth-order valence-corrected chi connectivity index (χ4v) is 2.74.